The summed E-state index contributed by atoms with van der Waals surface area (Å²) >= 11 is 0. The fraction of sp³-hybridized carbons (Fsp3) is 0.0455. The van der Waals surface area contributed by atoms with Crippen LogP contribution in [0.1, 0.15) is 21.6 Å². The van der Waals surface area contributed by atoms with E-state index in [1.54, 1.807) is 36.4 Å². The molecule has 0 aliphatic rings. The van der Waals surface area contributed by atoms with Crippen LogP contribution in [0.15, 0.2) is 85.1 Å². The van der Waals surface area contributed by atoms with Gasteiger partial charge >= 0.3 is 6.18 Å². The Balaban J connectivity index is 1.97. The number of carbonyl (C=O) groups excluding carboxylic acids is 1. The van der Waals surface area contributed by atoms with E-state index in [0.717, 1.165) is 17.7 Å². The molecule has 0 amide bonds. The van der Waals surface area contributed by atoms with Crippen molar-refractivity contribution in [3.05, 3.63) is 102 Å². The third kappa shape index (κ3) is 3.12. The lowest BCUT2D eigenvalue weighted by Crippen LogP contribution is -2.08. The summed E-state index contributed by atoms with van der Waals surface area (Å²) in [4.78, 5) is 12.9. The number of aromatic nitrogens is 1. The van der Waals surface area contributed by atoms with Crippen LogP contribution in [0.4, 0.5) is 13.2 Å². The number of pyridine rings is 1. The predicted molar refractivity (Wildman–Crippen MR) is 97.7 cm³/mol. The third-order valence-electron chi connectivity index (χ3n) is 4.45. The van der Waals surface area contributed by atoms with E-state index < -0.39 is 11.7 Å². The molecule has 0 N–H and O–H groups in total. The van der Waals surface area contributed by atoms with Gasteiger partial charge in [-0.1, -0.05) is 60.7 Å². The molecule has 2 aromatic heterocycles. The Labute approximate surface area is 153 Å². The molecule has 5 heteroatoms. The number of ketones is 1. The van der Waals surface area contributed by atoms with E-state index in [0.29, 0.717) is 22.3 Å². The first-order valence-electron chi connectivity index (χ1n) is 8.32. The maximum absolute atomic E-state index is 13.2. The maximum Gasteiger partial charge on any atom is 0.416 e. The molecule has 2 heterocycles. The highest BCUT2D eigenvalue weighted by Crippen LogP contribution is 2.34. The van der Waals surface area contributed by atoms with Crippen LogP contribution in [0.3, 0.4) is 0 Å². The SMILES string of the molecule is O=C(c1ccccc1)c1cc(-c2ccccc2)c2cc(C(F)(F)F)ccn12. The van der Waals surface area contributed by atoms with E-state index in [9.17, 15) is 18.0 Å². The smallest absolute Gasteiger partial charge is 0.313 e. The van der Waals surface area contributed by atoms with Gasteiger partial charge in [-0.25, -0.2) is 0 Å². The Morgan fingerprint density at radius 2 is 1.44 bits per heavy atom. The summed E-state index contributed by atoms with van der Waals surface area (Å²) in [5.74, 6) is -0.243. The number of benzene rings is 2. The van der Waals surface area contributed by atoms with Gasteiger partial charge in [-0.3, -0.25) is 4.79 Å². The lowest BCUT2D eigenvalue weighted by molar-refractivity contribution is -0.137. The highest BCUT2D eigenvalue weighted by atomic mass is 19.4. The molecule has 4 rings (SSSR count). The summed E-state index contributed by atoms with van der Waals surface area (Å²) in [5, 5.41) is 0. The topological polar surface area (TPSA) is 21.5 Å². The number of nitrogens with zero attached hydrogens (tertiary/aromatic N) is 1. The Bertz CT molecular complexity index is 1110. The van der Waals surface area contributed by atoms with Crippen LogP contribution in [0.25, 0.3) is 16.6 Å². The van der Waals surface area contributed by atoms with Gasteiger partial charge in [-0.2, -0.15) is 13.2 Å². The number of hydrogen-bond acceptors (Lipinski definition) is 1. The zero-order valence-corrected chi connectivity index (χ0v) is 14.1. The zero-order chi connectivity index (χ0) is 19.0. The Hall–Kier alpha value is -3.34. The molecule has 0 radical (unpaired) electrons. The molecule has 0 aliphatic heterocycles. The second kappa shape index (κ2) is 6.43. The second-order valence-corrected chi connectivity index (χ2v) is 6.17. The number of fused-ring (bicyclic) bond motifs is 1. The number of alkyl halides is 3. The van der Waals surface area contributed by atoms with E-state index >= 15 is 0 Å². The van der Waals surface area contributed by atoms with Gasteiger partial charge in [-0.15, -0.1) is 0 Å². The van der Waals surface area contributed by atoms with Crippen molar-refractivity contribution in [2.45, 2.75) is 6.18 Å². The molecule has 134 valence electrons. The second-order valence-electron chi connectivity index (χ2n) is 6.17. The summed E-state index contributed by atoms with van der Waals surface area (Å²) in [6.45, 7) is 0. The zero-order valence-electron chi connectivity index (χ0n) is 14.1. The fourth-order valence-electron chi connectivity index (χ4n) is 3.14. The highest BCUT2D eigenvalue weighted by Gasteiger charge is 2.31. The predicted octanol–water partition coefficient (Wildman–Crippen LogP) is 5.86. The van der Waals surface area contributed by atoms with Gasteiger partial charge in [0, 0.05) is 17.3 Å². The highest BCUT2D eigenvalue weighted by molar-refractivity contribution is 6.10. The molecular weight excluding hydrogens is 351 g/mol. The van der Waals surface area contributed by atoms with Gasteiger partial charge in [0.25, 0.3) is 0 Å². The average Bonchev–Trinajstić information content (AvgIpc) is 3.07. The molecule has 0 bridgehead atoms. The van der Waals surface area contributed by atoms with Crippen LogP contribution in [-0.4, -0.2) is 10.2 Å². The van der Waals surface area contributed by atoms with Gasteiger partial charge in [0.15, 0.2) is 0 Å². The molecule has 0 saturated carbocycles. The monoisotopic (exact) mass is 365 g/mol. The van der Waals surface area contributed by atoms with Gasteiger partial charge in [0.2, 0.25) is 5.78 Å². The van der Waals surface area contributed by atoms with Crippen LogP contribution >= 0.6 is 0 Å². The van der Waals surface area contributed by atoms with Crippen molar-refractivity contribution in [2.75, 3.05) is 0 Å². The third-order valence-corrected chi connectivity index (χ3v) is 4.45. The number of hydrogen-bond donors (Lipinski definition) is 0. The standard InChI is InChI=1S/C22H14F3NO/c23-22(24,25)17-11-12-26-19(13-17)18(15-7-3-1-4-8-15)14-20(26)21(27)16-9-5-2-6-10-16/h1-14H. The van der Waals surface area contributed by atoms with Gasteiger partial charge in [0.05, 0.1) is 16.8 Å². The minimum absolute atomic E-state index is 0.243. The summed E-state index contributed by atoms with van der Waals surface area (Å²) in [5.41, 5.74) is 1.74. The quantitative estimate of drug-likeness (QED) is 0.417. The molecule has 0 aliphatic carbocycles. The lowest BCUT2D eigenvalue weighted by atomic mass is 10.0. The van der Waals surface area contributed by atoms with Crippen LogP contribution < -0.4 is 0 Å². The van der Waals surface area contributed by atoms with E-state index in [2.05, 4.69) is 0 Å². The molecule has 4 aromatic rings. The minimum Gasteiger partial charge on any atom is -0.313 e. The summed E-state index contributed by atoms with van der Waals surface area (Å²) in [7, 11) is 0. The number of halogens is 3. The first kappa shape index (κ1) is 17.1. The van der Waals surface area contributed by atoms with Crippen LogP contribution in [-0.2, 0) is 6.18 Å². The molecule has 0 spiro atoms. The van der Waals surface area contributed by atoms with Crippen LogP contribution in [0.5, 0.6) is 0 Å². The molecule has 0 saturated heterocycles. The van der Waals surface area contributed by atoms with Gasteiger partial charge < -0.3 is 4.40 Å². The number of carbonyl (C=O) groups is 1. The largest absolute Gasteiger partial charge is 0.416 e. The molecule has 0 unspecified atom stereocenters. The lowest BCUT2D eigenvalue weighted by Gasteiger charge is -2.09. The van der Waals surface area contributed by atoms with Crippen molar-refractivity contribution in [3.8, 4) is 11.1 Å². The van der Waals surface area contributed by atoms with Crippen LogP contribution in [0.2, 0.25) is 0 Å². The van der Waals surface area contributed by atoms with Gasteiger partial charge in [0.1, 0.15) is 0 Å². The van der Waals surface area contributed by atoms with E-state index in [-0.39, 0.29) is 5.78 Å². The number of rotatable bonds is 3. The molecule has 2 aromatic carbocycles. The molecule has 2 nitrogen and oxygen atoms in total. The fourth-order valence-corrected chi connectivity index (χ4v) is 3.14. The Morgan fingerprint density at radius 3 is 2.07 bits per heavy atom. The molecule has 0 fully saturated rings. The average molecular weight is 365 g/mol. The van der Waals surface area contributed by atoms with Crippen molar-refractivity contribution in [1.29, 1.82) is 0 Å². The maximum atomic E-state index is 13.2. The first-order valence-corrected chi connectivity index (χ1v) is 8.32. The van der Waals surface area contributed by atoms with Crippen LogP contribution in [0, 0.1) is 0 Å². The molecular formula is C22H14F3NO. The summed E-state index contributed by atoms with van der Waals surface area (Å²) in [6.07, 6.45) is -3.15. The van der Waals surface area contributed by atoms with E-state index in [1.165, 1.54) is 10.6 Å². The Kier molecular flexibility index (Phi) is 4.07. The van der Waals surface area contributed by atoms with Crippen molar-refractivity contribution < 1.29 is 18.0 Å². The molecule has 27 heavy (non-hydrogen) atoms. The van der Waals surface area contributed by atoms with Crippen molar-refractivity contribution in [2.24, 2.45) is 0 Å². The van der Waals surface area contributed by atoms with E-state index in [1.807, 2.05) is 30.3 Å². The normalized spacial score (nSPS) is 11.7. The molecule has 0 atom stereocenters. The van der Waals surface area contributed by atoms with Crippen molar-refractivity contribution >= 4 is 11.3 Å². The van der Waals surface area contributed by atoms with Crippen molar-refractivity contribution in [3.63, 3.8) is 0 Å². The first-order chi connectivity index (χ1) is 12.9. The van der Waals surface area contributed by atoms with E-state index in [4.69, 9.17) is 0 Å². The summed E-state index contributed by atoms with van der Waals surface area (Å²) in [6, 6.07) is 21.5. The minimum atomic E-state index is -4.45. The Morgan fingerprint density at radius 1 is 0.815 bits per heavy atom. The summed E-state index contributed by atoms with van der Waals surface area (Å²) < 4.78 is 41.1. The van der Waals surface area contributed by atoms with Crippen molar-refractivity contribution in [1.82, 2.24) is 4.40 Å². The van der Waals surface area contributed by atoms with Gasteiger partial charge in [-0.05, 0) is 23.8 Å².